The zero-order valence-corrected chi connectivity index (χ0v) is 28.3. The number of para-hydroxylation sites is 1. The third-order valence-electron chi connectivity index (χ3n) is 10.9. The smallest absolute Gasteiger partial charge is 0.132 e. The van der Waals surface area contributed by atoms with Crippen LogP contribution in [0.3, 0.4) is 0 Å². The minimum Gasteiger partial charge on any atom is -0.457 e. The summed E-state index contributed by atoms with van der Waals surface area (Å²) in [7, 11) is 0. The van der Waals surface area contributed by atoms with Gasteiger partial charge in [0, 0.05) is 11.1 Å². The Morgan fingerprint density at radius 2 is 1.05 bits per heavy atom. The van der Waals surface area contributed by atoms with Gasteiger partial charge in [-0.3, -0.25) is 0 Å². The van der Waals surface area contributed by atoms with Gasteiger partial charge in [0.2, 0.25) is 0 Å². The standard InChI is InChI=1S/C54H34O/c1-3-16-38(17-4-1)53(39-18-5-2-6-19-39)46-25-13-14-26-50(46)55-51-32-29-37(34-49(51)53)36-27-30-42-41-21-9-11-23-44(41)54(48(42)33-36)45-24-12-10-22-43(45)52-40-20-8-7-15-35(40)28-31-47(52)54/h1-34H/i1D,2D,3D,4D,5D,6D,9D,11D,13D,14D,16D,17D,18D,21D,23D,25D,26D,27D,29D,30D,32D,33D,34D. The number of rotatable bonds is 3. The molecule has 0 fully saturated rings. The molecule has 0 bridgehead atoms. The van der Waals surface area contributed by atoms with Gasteiger partial charge in [0.05, 0.1) is 42.4 Å². The zero-order chi connectivity index (χ0) is 56.2. The summed E-state index contributed by atoms with van der Waals surface area (Å²) in [6.45, 7) is 0. The molecule has 9 aromatic rings. The number of fused-ring (bicyclic) bond motifs is 14. The van der Waals surface area contributed by atoms with E-state index in [-0.39, 0.29) is 22.3 Å². The summed E-state index contributed by atoms with van der Waals surface area (Å²) in [5, 5.41) is 1.52. The first kappa shape index (κ1) is 15.8. The molecule has 2 atom stereocenters. The minimum atomic E-state index is -3.12. The average molecular weight is 722 g/mol. The van der Waals surface area contributed by atoms with Gasteiger partial charge in [-0.2, -0.15) is 0 Å². The molecule has 256 valence electrons. The lowest BCUT2D eigenvalue weighted by Gasteiger charge is -2.41. The van der Waals surface area contributed by atoms with Crippen LogP contribution in [0.4, 0.5) is 0 Å². The van der Waals surface area contributed by atoms with E-state index < -0.39 is 195 Å². The first-order valence-corrected chi connectivity index (χ1v) is 17.3. The minimum absolute atomic E-state index is 0.0510. The van der Waals surface area contributed by atoms with Crippen LogP contribution in [-0.2, 0) is 10.8 Å². The molecule has 1 aliphatic heterocycles. The summed E-state index contributed by atoms with van der Waals surface area (Å²) in [6.07, 6.45) is 0. The molecule has 0 saturated carbocycles. The summed E-state index contributed by atoms with van der Waals surface area (Å²) >= 11 is 0. The maximum atomic E-state index is 10.6. The van der Waals surface area contributed by atoms with E-state index in [1.807, 2.05) is 30.3 Å². The van der Waals surface area contributed by atoms with Gasteiger partial charge < -0.3 is 4.74 Å². The Kier molecular flexibility index (Phi) is 3.24. The second-order valence-electron chi connectivity index (χ2n) is 13.3. The van der Waals surface area contributed by atoms with Gasteiger partial charge in [-0.05, 0) is 102 Å². The van der Waals surface area contributed by atoms with E-state index in [1.54, 1.807) is 30.3 Å². The van der Waals surface area contributed by atoms with Gasteiger partial charge in [0.1, 0.15) is 11.5 Å². The highest BCUT2D eigenvalue weighted by molar-refractivity contribution is 6.06. The normalized spacial score (nSPS) is 24.0. The van der Waals surface area contributed by atoms with Crippen LogP contribution in [0.2, 0.25) is 0 Å². The fraction of sp³-hybridized carbons (Fsp3) is 0.0370. The molecule has 9 aromatic carbocycles. The molecule has 3 aliphatic rings. The highest BCUT2D eigenvalue weighted by Gasteiger charge is 2.52. The first-order valence-electron chi connectivity index (χ1n) is 28.8. The molecule has 0 N–H and O–H groups in total. The van der Waals surface area contributed by atoms with Gasteiger partial charge in [0.25, 0.3) is 0 Å². The second-order valence-corrected chi connectivity index (χ2v) is 13.3. The highest BCUT2D eigenvalue weighted by atomic mass is 16.5. The van der Waals surface area contributed by atoms with E-state index in [9.17, 15) is 16.4 Å². The molecule has 12 rings (SSSR count). The molecular weight excluding hydrogens is 665 g/mol. The molecule has 0 saturated heterocycles. The van der Waals surface area contributed by atoms with Gasteiger partial charge in [0.15, 0.2) is 0 Å². The van der Waals surface area contributed by atoms with E-state index in [0.717, 1.165) is 16.8 Å². The lowest BCUT2D eigenvalue weighted by molar-refractivity contribution is 0.434. The van der Waals surface area contributed by atoms with Crippen molar-refractivity contribution in [3.63, 3.8) is 0 Å². The molecule has 1 nitrogen and oxygen atoms in total. The Balaban J connectivity index is 1.33. The van der Waals surface area contributed by atoms with Crippen LogP contribution in [0.5, 0.6) is 11.5 Å². The predicted molar refractivity (Wildman–Crippen MR) is 224 cm³/mol. The Morgan fingerprint density at radius 1 is 0.382 bits per heavy atom. The molecular formula is C54H34O. The molecule has 2 aliphatic carbocycles. The van der Waals surface area contributed by atoms with E-state index >= 15 is 0 Å². The summed E-state index contributed by atoms with van der Waals surface area (Å²) < 4.78 is 222. The molecule has 2 unspecified atom stereocenters. The van der Waals surface area contributed by atoms with Crippen molar-refractivity contribution < 1.29 is 36.3 Å². The molecule has 0 aromatic heterocycles. The third-order valence-corrected chi connectivity index (χ3v) is 10.9. The van der Waals surface area contributed by atoms with Crippen molar-refractivity contribution in [2.24, 2.45) is 0 Å². The number of hydrogen-bond donors (Lipinski definition) is 0. The fourth-order valence-corrected chi connectivity index (χ4v) is 8.79. The maximum absolute atomic E-state index is 10.6. The van der Waals surface area contributed by atoms with Crippen LogP contribution in [0.15, 0.2) is 206 Å². The van der Waals surface area contributed by atoms with Crippen LogP contribution >= 0.6 is 0 Å². The average Bonchev–Trinajstić information content (AvgIpc) is 1.64. The Hall–Kier alpha value is -6.96. The lowest BCUT2D eigenvalue weighted by atomic mass is 9.63. The summed E-state index contributed by atoms with van der Waals surface area (Å²) in [5.41, 5.74) is -8.48. The van der Waals surface area contributed by atoms with Crippen molar-refractivity contribution in [2.75, 3.05) is 0 Å². The molecule has 1 heteroatoms. The SMILES string of the molecule is [2H]c1cc(C2(c3c([2H])c([2H])c([2H])c([2H])c3[2H])c3c([2H])c([2H])c([2H])c([2H])c3Oc3c([2H])c([2H])c(-c4c([2H])c([2H])c5c(c4[2H])C4(c6ccccc6-c6c4ccc4ccccc64)c4c([2H])c([2H])c([2H])c([2H])c4-5)c([2H])c32)c([2H])c([2H])c1[2H]. The van der Waals surface area contributed by atoms with Crippen LogP contribution in [0.25, 0.3) is 44.2 Å². The van der Waals surface area contributed by atoms with E-state index in [0.29, 0.717) is 22.3 Å². The van der Waals surface area contributed by atoms with Crippen LogP contribution in [0.1, 0.15) is 76.0 Å². The largest absolute Gasteiger partial charge is 0.457 e. The first-order chi connectivity index (χ1) is 36.8. The topological polar surface area (TPSA) is 9.23 Å². The highest BCUT2D eigenvalue weighted by Crippen LogP contribution is 2.64. The van der Waals surface area contributed by atoms with Crippen molar-refractivity contribution in [1.29, 1.82) is 0 Å². The molecule has 1 heterocycles. The van der Waals surface area contributed by atoms with Crippen molar-refractivity contribution >= 4 is 10.8 Å². The van der Waals surface area contributed by atoms with Gasteiger partial charge >= 0.3 is 0 Å². The molecule has 55 heavy (non-hydrogen) atoms. The third kappa shape index (κ3) is 3.92. The van der Waals surface area contributed by atoms with E-state index in [1.165, 1.54) is 0 Å². The monoisotopic (exact) mass is 721 g/mol. The molecule has 0 amide bonds. The Bertz CT molecular complexity index is 4300. The van der Waals surface area contributed by atoms with Crippen LogP contribution < -0.4 is 4.74 Å². The van der Waals surface area contributed by atoms with Crippen LogP contribution in [-0.4, -0.2) is 0 Å². The maximum Gasteiger partial charge on any atom is 0.132 e. The lowest BCUT2D eigenvalue weighted by Crippen LogP contribution is -2.34. The predicted octanol–water partition coefficient (Wildman–Crippen LogP) is 13.3. The number of hydrogen-bond acceptors (Lipinski definition) is 1. The zero-order valence-electron chi connectivity index (χ0n) is 51.3. The van der Waals surface area contributed by atoms with Gasteiger partial charge in [-0.15, -0.1) is 0 Å². The quantitative estimate of drug-likeness (QED) is 0.176. The fourth-order valence-electron chi connectivity index (χ4n) is 8.79. The van der Waals surface area contributed by atoms with Crippen molar-refractivity contribution in [3.05, 3.63) is 250 Å². The van der Waals surface area contributed by atoms with Gasteiger partial charge in [-0.25, -0.2) is 0 Å². The van der Waals surface area contributed by atoms with Crippen LogP contribution in [0, 0.1) is 0 Å². The Morgan fingerprint density at radius 3 is 1.96 bits per heavy atom. The van der Waals surface area contributed by atoms with E-state index in [2.05, 4.69) is 0 Å². The van der Waals surface area contributed by atoms with Gasteiger partial charge in [-0.1, -0.05) is 182 Å². The van der Waals surface area contributed by atoms with E-state index in [4.69, 9.17) is 19.8 Å². The second kappa shape index (κ2) is 11.3. The molecule has 0 radical (unpaired) electrons. The Labute approximate surface area is 353 Å². The summed E-state index contributed by atoms with van der Waals surface area (Å²) in [5.74, 6) is -1.75. The van der Waals surface area contributed by atoms with Crippen molar-refractivity contribution in [2.45, 2.75) is 10.8 Å². The van der Waals surface area contributed by atoms with Crippen molar-refractivity contribution in [3.8, 4) is 44.9 Å². The summed E-state index contributed by atoms with van der Waals surface area (Å²) in [6, 6.07) is -1.72. The summed E-state index contributed by atoms with van der Waals surface area (Å²) in [4.78, 5) is 0. The van der Waals surface area contributed by atoms with Crippen molar-refractivity contribution in [1.82, 2.24) is 0 Å². The molecule has 1 spiro atoms. The number of benzene rings is 9. The number of ether oxygens (including phenoxy) is 1.